The summed E-state index contributed by atoms with van der Waals surface area (Å²) in [7, 11) is 0. The van der Waals surface area contributed by atoms with E-state index in [0.717, 1.165) is 31.5 Å². The van der Waals surface area contributed by atoms with E-state index in [2.05, 4.69) is 17.6 Å². The molecule has 2 rings (SSSR count). The topological polar surface area (TPSA) is 41.1 Å². The Morgan fingerprint density at radius 3 is 2.85 bits per heavy atom. The zero-order valence-corrected chi connectivity index (χ0v) is 11.8. The highest BCUT2D eigenvalue weighted by Gasteiger charge is 2.23. The van der Waals surface area contributed by atoms with Gasteiger partial charge in [-0.25, -0.2) is 8.78 Å². The molecular weight excluding hydrogens is 262 g/mol. The first-order valence-electron chi connectivity index (χ1n) is 6.96. The Morgan fingerprint density at radius 2 is 2.15 bits per heavy atom. The zero-order chi connectivity index (χ0) is 14.7. The normalized spacial score (nSPS) is 22.6. The van der Waals surface area contributed by atoms with Gasteiger partial charge < -0.3 is 10.6 Å². The monoisotopic (exact) mass is 282 g/mol. The van der Waals surface area contributed by atoms with Gasteiger partial charge in [-0.3, -0.25) is 4.79 Å². The van der Waals surface area contributed by atoms with E-state index in [1.165, 1.54) is 6.92 Å². The molecule has 3 nitrogen and oxygen atoms in total. The molecule has 5 heteroatoms. The second-order valence-corrected chi connectivity index (χ2v) is 5.51. The molecule has 20 heavy (non-hydrogen) atoms. The molecule has 2 unspecified atom stereocenters. The van der Waals surface area contributed by atoms with Crippen molar-refractivity contribution in [3.63, 3.8) is 0 Å². The third-order valence-electron chi connectivity index (χ3n) is 3.86. The van der Waals surface area contributed by atoms with E-state index in [-0.39, 0.29) is 29.6 Å². The van der Waals surface area contributed by atoms with Crippen LogP contribution in [0.2, 0.25) is 0 Å². The summed E-state index contributed by atoms with van der Waals surface area (Å²) in [5.74, 6) is -1.01. The van der Waals surface area contributed by atoms with Crippen molar-refractivity contribution in [1.82, 2.24) is 5.32 Å². The lowest BCUT2D eigenvalue weighted by Crippen LogP contribution is -2.42. The largest absolute Gasteiger partial charge is 0.323 e. The molecular formula is C15H20F2N2O. The molecule has 1 aromatic rings. The second-order valence-electron chi connectivity index (χ2n) is 5.51. The summed E-state index contributed by atoms with van der Waals surface area (Å²) in [5, 5.41) is 5.74. The number of benzene rings is 1. The van der Waals surface area contributed by atoms with Crippen LogP contribution in [0.3, 0.4) is 0 Å². The van der Waals surface area contributed by atoms with E-state index < -0.39 is 11.6 Å². The van der Waals surface area contributed by atoms with E-state index in [1.807, 2.05) is 0 Å². The first-order valence-corrected chi connectivity index (χ1v) is 6.96. The molecule has 0 radical (unpaired) electrons. The van der Waals surface area contributed by atoms with Gasteiger partial charge in [-0.05, 0) is 43.9 Å². The van der Waals surface area contributed by atoms with Crippen molar-refractivity contribution < 1.29 is 13.6 Å². The summed E-state index contributed by atoms with van der Waals surface area (Å²) in [6.45, 7) is 4.48. The van der Waals surface area contributed by atoms with Gasteiger partial charge >= 0.3 is 0 Å². The van der Waals surface area contributed by atoms with Gasteiger partial charge in [0.1, 0.15) is 11.6 Å². The van der Waals surface area contributed by atoms with Crippen molar-refractivity contribution in [2.75, 3.05) is 11.9 Å². The van der Waals surface area contributed by atoms with Crippen molar-refractivity contribution in [2.24, 2.45) is 5.92 Å². The van der Waals surface area contributed by atoms with Crippen molar-refractivity contribution >= 4 is 11.6 Å². The van der Waals surface area contributed by atoms with Crippen LogP contribution < -0.4 is 10.6 Å². The van der Waals surface area contributed by atoms with Gasteiger partial charge in [-0.1, -0.05) is 6.92 Å². The molecule has 0 aliphatic carbocycles. The number of carbonyl (C=O) groups excluding carboxylic acids is 1. The Bertz CT molecular complexity index is 505. The fourth-order valence-electron chi connectivity index (χ4n) is 2.53. The van der Waals surface area contributed by atoms with Gasteiger partial charge in [0.25, 0.3) is 0 Å². The first kappa shape index (κ1) is 14.9. The highest BCUT2D eigenvalue weighted by Crippen LogP contribution is 2.21. The van der Waals surface area contributed by atoms with Crippen LogP contribution in [0.15, 0.2) is 12.1 Å². The van der Waals surface area contributed by atoms with Gasteiger partial charge in [-0.2, -0.15) is 0 Å². The highest BCUT2D eigenvalue weighted by molar-refractivity contribution is 5.91. The molecule has 1 aromatic carbocycles. The maximum atomic E-state index is 13.6. The van der Waals surface area contributed by atoms with Crippen LogP contribution in [0.4, 0.5) is 14.5 Å². The SMILES string of the molecule is Cc1cc(F)c(NC(=O)CC2NCCCC2C)cc1F. The lowest BCUT2D eigenvalue weighted by atomic mass is 9.90. The third-order valence-corrected chi connectivity index (χ3v) is 3.86. The van der Waals surface area contributed by atoms with Gasteiger partial charge in [0.05, 0.1) is 5.69 Å². The molecule has 0 aromatic heterocycles. The summed E-state index contributed by atoms with van der Waals surface area (Å²) in [6.07, 6.45) is 2.46. The van der Waals surface area contributed by atoms with Gasteiger partial charge in [0, 0.05) is 18.5 Å². The van der Waals surface area contributed by atoms with Crippen LogP contribution in [0.5, 0.6) is 0 Å². The number of nitrogens with one attached hydrogen (secondary N) is 2. The molecule has 110 valence electrons. The number of piperidine rings is 1. The molecule has 1 fully saturated rings. The lowest BCUT2D eigenvalue weighted by Gasteiger charge is -2.29. The van der Waals surface area contributed by atoms with E-state index in [0.29, 0.717) is 5.92 Å². The molecule has 2 N–H and O–H groups in total. The van der Waals surface area contributed by atoms with Gasteiger partial charge in [0.15, 0.2) is 0 Å². The maximum Gasteiger partial charge on any atom is 0.226 e. The Hall–Kier alpha value is -1.49. The van der Waals surface area contributed by atoms with Crippen LogP contribution in [0.1, 0.15) is 31.7 Å². The fraction of sp³-hybridized carbons (Fsp3) is 0.533. The minimum absolute atomic E-state index is 0.0958. The summed E-state index contributed by atoms with van der Waals surface area (Å²) < 4.78 is 27.0. The van der Waals surface area contributed by atoms with Crippen LogP contribution in [0, 0.1) is 24.5 Å². The van der Waals surface area contributed by atoms with Crippen LogP contribution in [-0.2, 0) is 4.79 Å². The van der Waals surface area contributed by atoms with Crippen molar-refractivity contribution in [1.29, 1.82) is 0 Å². The molecule has 0 spiro atoms. The minimum atomic E-state index is -0.609. The molecule has 1 heterocycles. The molecule has 1 aliphatic heterocycles. The quantitative estimate of drug-likeness (QED) is 0.895. The molecule has 1 amide bonds. The minimum Gasteiger partial charge on any atom is -0.323 e. The number of rotatable bonds is 3. The predicted octanol–water partition coefficient (Wildman–Crippen LogP) is 2.99. The molecule has 1 saturated heterocycles. The summed E-state index contributed by atoms with van der Waals surface area (Å²) in [4.78, 5) is 11.9. The fourth-order valence-corrected chi connectivity index (χ4v) is 2.53. The number of anilines is 1. The predicted molar refractivity (Wildman–Crippen MR) is 74.5 cm³/mol. The zero-order valence-electron chi connectivity index (χ0n) is 11.8. The number of halogens is 2. The van der Waals surface area contributed by atoms with Crippen molar-refractivity contribution in [3.8, 4) is 0 Å². The summed E-state index contributed by atoms with van der Waals surface area (Å²) in [6, 6.07) is 2.22. The number of carbonyl (C=O) groups is 1. The summed E-state index contributed by atoms with van der Waals surface area (Å²) in [5.41, 5.74) is 0.129. The number of aryl methyl sites for hydroxylation is 1. The average Bonchev–Trinajstić information content (AvgIpc) is 2.39. The van der Waals surface area contributed by atoms with Gasteiger partial charge in [0.2, 0.25) is 5.91 Å². The average molecular weight is 282 g/mol. The van der Waals surface area contributed by atoms with Crippen LogP contribution in [0.25, 0.3) is 0 Å². The van der Waals surface area contributed by atoms with E-state index in [9.17, 15) is 13.6 Å². The maximum absolute atomic E-state index is 13.6. The lowest BCUT2D eigenvalue weighted by molar-refractivity contribution is -0.117. The van der Waals surface area contributed by atoms with Gasteiger partial charge in [-0.15, -0.1) is 0 Å². The van der Waals surface area contributed by atoms with Crippen molar-refractivity contribution in [3.05, 3.63) is 29.3 Å². The molecule has 1 aliphatic rings. The number of hydrogen-bond acceptors (Lipinski definition) is 2. The second kappa shape index (κ2) is 6.31. The molecule has 2 atom stereocenters. The number of amides is 1. The Labute approximate surface area is 117 Å². The summed E-state index contributed by atoms with van der Waals surface area (Å²) >= 11 is 0. The van der Waals surface area contributed by atoms with Crippen molar-refractivity contribution in [2.45, 2.75) is 39.2 Å². The first-order chi connectivity index (χ1) is 9.47. The smallest absolute Gasteiger partial charge is 0.226 e. The van der Waals surface area contributed by atoms with Crippen LogP contribution >= 0.6 is 0 Å². The standard InChI is InChI=1S/C15H20F2N2O/c1-9-4-3-5-18-13(9)8-15(20)19-14-7-11(16)10(2)6-12(14)17/h6-7,9,13,18H,3-5,8H2,1-2H3,(H,19,20). The third kappa shape index (κ3) is 3.54. The van der Waals surface area contributed by atoms with E-state index >= 15 is 0 Å². The highest BCUT2D eigenvalue weighted by atomic mass is 19.1. The molecule has 0 bridgehead atoms. The van der Waals surface area contributed by atoms with Crippen LogP contribution in [-0.4, -0.2) is 18.5 Å². The van der Waals surface area contributed by atoms with E-state index in [4.69, 9.17) is 0 Å². The van der Waals surface area contributed by atoms with E-state index in [1.54, 1.807) is 0 Å². The number of hydrogen-bond donors (Lipinski definition) is 2. The Balaban J connectivity index is 1.99. The Morgan fingerprint density at radius 1 is 1.40 bits per heavy atom. The molecule has 0 saturated carbocycles. The Kier molecular flexibility index (Phi) is 4.70.